The third-order valence-electron chi connectivity index (χ3n) is 3.43. The smallest absolute Gasteiger partial charge is 0.133 e. The van der Waals surface area contributed by atoms with E-state index in [-0.39, 0.29) is 0 Å². The highest BCUT2D eigenvalue weighted by Gasteiger charge is 2.24. The van der Waals surface area contributed by atoms with Crippen LogP contribution in [0.5, 0.6) is 0 Å². The molecule has 0 spiro atoms. The number of thiophene rings is 1. The van der Waals surface area contributed by atoms with Crippen LogP contribution >= 0.6 is 22.7 Å². The number of aromatic nitrogens is 1. The zero-order valence-corrected chi connectivity index (χ0v) is 15.7. The molecule has 0 unspecified atom stereocenters. The van der Waals surface area contributed by atoms with E-state index in [9.17, 15) is 0 Å². The van der Waals surface area contributed by atoms with E-state index in [2.05, 4.69) is 43.0 Å². The molecule has 2 aromatic rings. The van der Waals surface area contributed by atoms with E-state index in [0.717, 1.165) is 0 Å². The van der Waals surface area contributed by atoms with Gasteiger partial charge in [0.25, 0.3) is 0 Å². The van der Waals surface area contributed by atoms with Crippen LogP contribution < -0.4 is 4.50 Å². The average Bonchev–Trinajstić information content (AvgIpc) is 3.02. The second kappa shape index (κ2) is 7.01. The summed E-state index contributed by atoms with van der Waals surface area (Å²) in [6, 6.07) is 2.42. The van der Waals surface area contributed by atoms with E-state index >= 15 is 0 Å². The van der Waals surface area contributed by atoms with Crippen molar-refractivity contribution in [1.29, 1.82) is 0 Å². The number of rotatable bonds is 7. The summed E-state index contributed by atoms with van der Waals surface area (Å²) in [5, 5.41) is 3.26. The Hall–Kier alpha value is -0.453. The van der Waals surface area contributed by atoms with Gasteiger partial charge in [-0.15, -0.1) is 22.7 Å². The molecular formula is C16H25NS2Si. The normalized spacial score (nSPS) is 12.0. The number of unbranched alkanes of at least 4 members (excludes halogenated alkanes) is 3. The Morgan fingerprint density at radius 1 is 1.15 bits per heavy atom. The third kappa shape index (κ3) is 4.03. The standard InChI is InChI=1S/C16H25NS2Si/c1-5-6-7-8-9-13-12-14(15-17-10-11-18-15)19-16(13)20(2,3)4/h10-12H,5-9H2,1-4H3. The molecule has 4 heteroatoms. The van der Waals surface area contributed by atoms with Gasteiger partial charge < -0.3 is 0 Å². The van der Waals surface area contributed by atoms with Gasteiger partial charge in [-0.2, -0.15) is 0 Å². The van der Waals surface area contributed by atoms with Crippen molar-refractivity contribution in [2.45, 2.75) is 58.7 Å². The summed E-state index contributed by atoms with van der Waals surface area (Å²) in [6.07, 6.45) is 8.54. The molecule has 0 saturated carbocycles. The first-order valence-electron chi connectivity index (χ1n) is 7.55. The Morgan fingerprint density at radius 3 is 2.55 bits per heavy atom. The van der Waals surface area contributed by atoms with Gasteiger partial charge >= 0.3 is 0 Å². The SMILES string of the molecule is CCCCCCc1cc(-c2nccs2)sc1[Si](C)(C)C. The number of hydrogen-bond acceptors (Lipinski definition) is 3. The van der Waals surface area contributed by atoms with Gasteiger partial charge in [-0.3, -0.25) is 0 Å². The Bertz CT molecular complexity index is 523. The minimum atomic E-state index is -1.24. The van der Waals surface area contributed by atoms with Crippen molar-refractivity contribution in [3.63, 3.8) is 0 Å². The van der Waals surface area contributed by atoms with Gasteiger partial charge in [-0.1, -0.05) is 45.8 Å². The third-order valence-corrected chi connectivity index (χ3v) is 9.19. The lowest BCUT2D eigenvalue weighted by Crippen LogP contribution is -2.37. The lowest BCUT2D eigenvalue weighted by atomic mass is 10.1. The summed E-state index contributed by atoms with van der Waals surface area (Å²) in [6.45, 7) is 9.65. The molecule has 2 aromatic heterocycles. The maximum atomic E-state index is 4.48. The molecule has 2 heterocycles. The zero-order valence-electron chi connectivity index (χ0n) is 13.0. The highest BCUT2D eigenvalue weighted by molar-refractivity contribution is 7.30. The van der Waals surface area contributed by atoms with Gasteiger partial charge in [0.15, 0.2) is 0 Å². The van der Waals surface area contributed by atoms with E-state index in [1.165, 1.54) is 42.0 Å². The molecule has 0 aliphatic carbocycles. The van der Waals surface area contributed by atoms with E-state index in [0.29, 0.717) is 0 Å². The van der Waals surface area contributed by atoms with E-state index in [1.54, 1.807) is 21.4 Å². The summed E-state index contributed by atoms with van der Waals surface area (Å²) in [5.41, 5.74) is 1.61. The molecular weight excluding hydrogens is 298 g/mol. The Labute approximate surface area is 132 Å². The Kier molecular flexibility index (Phi) is 5.58. The van der Waals surface area contributed by atoms with Gasteiger partial charge in [0.05, 0.1) is 13.0 Å². The van der Waals surface area contributed by atoms with Gasteiger partial charge in [0.1, 0.15) is 5.01 Å². The lowest BCUT2D eigenvalue weighted by Gasteiger charge is -2.16. The fourth-order valence-electron chi connectivity index (χ4n) is 2.44. The minimum Gasteiger partial charge on any atom is -0.244 e. The van der Waals surface area contributed by atoms with Crippen molar-refractivity contribution in [3.05, 3.63) is 23.2 Å². The van der Waals surface area contributed by atoms with Gasteiger partial charge in [0.2, 0.25) is 0 Å². The molecule has 0 bridgehead atoms. The first-order chi connectivity index (χ1) is 9.52. The van der Waals surface area contributed by atoms with E-state index in [4.69, 9.17) is 0 Å². The second-order valence-corrected chi connectivity index (χ2v) is 13.7. The molecule has 0 radical (unpaired) electrons. The summed E-state index contributed by atoms with van der Waals surface area (Å²) >= 11 is 3.75. The quantitative estimate of drug-likeness (QED) is 0.481. The van der Waals surface area contributed by atoms with Gasteiger partial charge in [0, 0.05) is 11.6 Å². The van der Waals surface area contributed by atoms with Crippen LogP contribution in [-0.4, -0.2) is 13.1 Å². The predicted octanol–water partition coefficient (Wildman–Crippen LogP) is 5.54. The second-order valence-electron chi connectivity index (χ2n) is 6.36. The van der Waals surface area contributed by atoms with Crippen molar-refractivity contribution < 1.29 is 0 Å². The van der Waals surface area contributed by atoms with Crippen LogP contribution in [0, 0.1) is 0 Å². The fraction of sp³-hybridized carbons (Fsp3) is 0.562. The summed E-state index contributed by atoms with van der Waals surface area (Å²) in [5.74, 6) is 0. The highest BCUT2D eigenvalue weighted by atomic mass is 32.1. The van der Waals surface area contributed by atoms with Crippen LogP contribution in [0.15, 0.2) is 17.6 Å². The molecule has 1 nitrogen and oxygen atoms in total. The van der Waals surface area contributed by atoms with Gasteiger partial charge in [-0.05, 0) is 29.0 Å². The molecule has 110 valence electrons. The molecule has 0 N–H and O–H groups in total. The van der Waals surface area contributed by atoms with E-state index in [1.807, 2.05) is 17.5 Å². The molecule has 0 amide bonds. The van der Waals surface area contributed by atoms with Crippen molar-refractivity contribution in [2.75, 3.05) is 0 Å². The van der Waals surface area contributed by atoms with Crippen molar-refractivity contribution in [2.24, 2.45) is 0 Å². The maximum Gasteiger partial charge on any atom is 0.133 e. The van der Waals surface area contributed by atoms with Crippen LogP contribution in [0.3, 0.4) is 0 Å². The van der Waals surface area contributed by atoms with Crippen LogP contribution in [-0.2, 0) is 6.42 Å². The summed E-state index contributed by atoms with van der Waals surface area (Å²) < 4.78 is 1.68. The maximum absolute atomic E-state index is 4.48. The van der Waals surface area contributed by atoms with E-state index < -0.39 is 8.07 Å². The topological polar surface area (TPSA) is 12.9 Å². The van der Waals surface area contributed by atoms with Crippen molar-refractivity contribution in [3.8, 4) is 9.88 Å². The highest BCUT2D eigenvalue weighted by Crippen LogP contribution is 2.30. The monoisotopic (exact) mass is 323 g/mol. The number of aryl methyl sites for hydroxylation is 1. The Morgan fingerprint density at radius 2 is 1.95 bits per heavy atom. The molecule has 0 aliphatic rings. The van der Waals surface area contributed by atoms with Gasteiger partial charge in [-0.25, -0.2) is 4.98 Å². The molecule has 2 rings (SSSR count). The van der Waals surface area contributed by atoms with Crippen LogP contribution in [0.25, 0.3) is 9.88 Å². The lowest BCUT2D eigenvalue weighted by molar-refractivity contribution is 0.668. The summed E-state index contributed by atoms with van der Waals surface area (Å²) in [7, 11) is -1.24. The zero-order chi connectivity index (χ0) is 14.6. The summed E-state index contributed by atoms with van der Waals surface area (Å²) in [4.78, 5) is 5.85. The minimum absolute atomic E-state index is 1.19. The fourth-order valence-corrected chi connectivity index (χ4v) is 6.83. The molecule has 0 aromatic carbocycles. The first kappa shape index (κ1) is 15.9. The average molecular weight is 324 g/mol. The van der Waals surface area contributed by atoms with Crippen LogP contribution in [0.2, 0.25) is 19.6 Å². The number of hydrogen-bond donors (Lipinski definition) is 0. The molecule has 0 fully saturated rings. The van der Waals surface area contributed by atoms with Crippen molar-refractivity contribution >= 4 is 35.2 Å². The number of thiazole rings is 1. The predicted molar refractivity (Wildman–Crippen MR) is 96.3 cm³/mol. The molecule has 0 saturated heterocycles. The first-order valence-corrected chi connectivity index (χ1v) is 12.7. The van der Waals surface area contributed by atoms with Crippen LogP contribution in [0.1, 0.15) is 38.2 Å². The number of nitrogens with zero attached hydrogens (tertiary/aromatic N) is 1. The van der Waals surface area contributed by atoms with Crippen molar-refractivity contribution in [1.82, 2.24) is 4.98 Å². The van der Waals surface area contributed by atoms with Crippen LogP contribution in [0.4, 0.5) is 0 Å². The largest absolute Gasteiger partial charge is 0.244 e. The Balaban J connectivity index is 2.20. The molecule has 0 aliphatic heterocycles. The molecule has 0 atom stereocenters. The molecule has 20 heavy (non-hydrogen) atoms.